The zero-order valence-electron chi connectivity index (χ0n) is 12.7. The molecular formula is C15H20N4OS. The van der Waals surface area contributed by atoms with Crippen LogP contribution in [0, 0.1) is 13.8 Å². The molecule has 1 heterocycles. The maximum atomic E-state index is 12.3. The van der Waals surface area contributed by atoms with Crippen molar-refractivity contribution in [2.45, 2.75) is 44.5 Å². The monoisotopic (exact) mass is 304 g/mol. The second-order valence-electron chi connectivity index (χ2n) is 4.93. The Morgan fingerprint density at radius 1 is 1.38 bits per heavy atom. The average Bonchev–Trinajstić information content (AvgIpc) is 2.90. The first kappa shape index (κ1) is 15.6. The van der Waals surface area contributed by atoms with E-state index >= 15 is 0 Å². The van der Waals surface area contributed by atoms with Gasteiger partial charge >= 0.3 is 0 Å². The third kappa shape index (κ3) is 3.85. The van der Waals surface area contributed by atoms with Crippen LogP contribution in [-0.2, 0) is 11.2 Å². The molecule has 0 aliphatic heterocycles. The molecule has 1 amide bonds. The van der Waals surface area contributed by atoms with Crippen molar-refractivity contribution in [3.63, 3.8) is 0 Å². The van der Waals surface area contributed by atoms with E-state index in [1.807, 2.05) is 45.9 Å². The third-order valence-corrected chi connectivity index (χ3v) is 4.19. The number of aromatic amines is 1. The lowest BCUT2D eigenvalue weighted by atomic mass is 10.1. The fraction of sp³-hybridized carbons (Fsp3) is 0.400. The molecule has 112 valence electrons. The van der Waals surface area contributed by atoms with Gasteiger partial charge in [0.05, 0.1) is 5.25 Å². The number of hydrogen-bond donors (Lipinski definition) is 2. The zero-order chi connectivity index (χ0) is 15.4. The van der Waals surface area contributed by atoms with E-state index in [9.17, 15) is 4.79 Å². The minimum Gasteiger partial charge on any atom is -0.325 e. The van der Waals surface area contributed by atoms with Crippen LogP contribution in [0.25, 0.3) is 0 Å². The van der Waals surface area contributed by atoms with Crippen molar-refractivity contribution in [2.24, 2.45) is 0 Å². The standard InChI is InChI=1S/C15H20N4OS/c1-5-12-16-15(19-18-12)21-11(4)14(20)17-13-9(2)7-6-8-10(13)3/h6-8,11H,5H2,1-4H3,(H,17,20)(H,16,18,19). The summed E-state index contributed by atoms with van der Waals surface area (Å²) in [5.41, 5.74) is 3.01. The number of rotatable bonds is 5. The highest BCUT2D eigenvalue weighted by Gasteiger charge is 2.18. The molecule has 0 spiro atoms. The molecule has 1 aromatic carbocycles. The fourth-order valence-electron chi connectivity index (χ4n) is 1.94. The third-order valence-electron chi connectivity index (χ3n) is 3.23. The number of thioether (sulfide) groups is 1. The van der Waals surface area contributed by atoms with Crippen molar-refractivity contribution in [2.75, 3.05) is 5.32 Å². The Labute approximate surface area is 128 Å². The van der Waals surface area contributed by atoms with Gasteiger partial charge in [-0.2, -0.15) is 0 Å². The minimum atomic E-state index is -0.260. The van der Waals surface area contributed by atoms with E-state index in [0.29, 0.717) is 5.16 Å². The lowest BCUT2D eigenvalue weighted by Crippen LogP contribution is -2.23. The van der Waals surface area contributed by atoms with Gasteiger partial charge in [-0.05, 0) is 31.9 Å². The Bertz CT molecular complexity index is 618. The number of carbonyl (C=O) groups is 1. The van der Waals surface area contributed by atoms with E-state index in [1.54, 1.807) is 0 Å². The van der Waals surface area contributed by atoms with E-state index < -0.39 is 0 Å². The van der Waals surface area contributed by atoms with Gasteiger partial charge in [0.25, 0.3) is 0 Å². The zero-order valence-corrected chi connectivity index (χ0v) is 13.5. The average molecular weight is 304 g/mol. The first-order valence-corrected chi connectivity index (χ1v) is 7.84. The fourth-order valence-corrected chi connectivity index (χ4v) is 2.68. The summed E-state index contributed by atoms with van der Waals surface area (Å²) in [4.78, 5) is 16.6. The molecular weight excluding hydrogens is 284 g/mol. The number of anilines is 1. The predicted octanol–water partition coefficient (Wildman–Crippen LogP) is 3.10. The maximum Gasteiger partial charge on any atom is 0.237 e. The second-order valence-corrected chi connectivity index (χ2v) is 6.24. The molecule has 0 radical (unpaired) electrons. The van der Waals surface area contributed by atoms with E-state index in [4.69, 9.17) is 0 Å². The van der Waals surface area contributed by atoms with Crippen LogP contribution in [0.1, 0.15) is 30.8 Å². The summed E-state index contributed by atoms with van der Waals surface area (Å²) in [6.45, 7) is 7.84. The van der Waals surface area contributed by atoms with Gasteiger partial charge in [0.1, 0.15) is 5.82 Å². The van der Waals surface area contributed by atoms with Crippen LogP contribution in [0.3, 0.4) is 0 Å². The summed E-state index contributed by atoms with van der Waals surface area (Å²) in [6.07, 6.45) is 0.802. The topological polar surface area (TPSA) is 70.7 Å². The molecule has 2 rings (SSSR count). The van der Waals surface area contributed by atoms with Gasteiger partial charge in [0.2, 0.25) is 11.1 Å². The molecule has 6 heteroatoms. The lowest BCUT2D eigenvalue weighted by Gasteiger charge is -2.14. The van der Waals surface area contributed by atoms with E-state index in [0.717, 1.165) is 29.1 Å². The summed E-state index contributed by atoms with van der Waals surface area (Å²) in [5, 5.41) is 10.3. The Morgan fingerprint density at radius 3 is 2.62 bits per heavy atom. The van der Waals surface area contributed by atoms with Gasteiger partial charge in [-0.25, -0.2) is 4.98 Å². The largest absolute Gasteiger partial charge is 0.325 e. The number of para-hydroxylation sites is 1. The van der Waals surface area contributed by atoms with E-state index in [-0.39, 0.29) is 11.2 Å². The van der Waals surface area contributed by atoms with Gasteiger partial charge in [-0.1, -0.05) is 36.9 Å². The highest BCUT2D eigenvalue weighted by molar-refractivity contribution is 8.00. The van der Waals surface area contributed by atoms with Crippen molar-refractivity contribution < 1.29 is 4.79 Å². The molecule has 1 aromatic heterocycles. The van der Waals surface area contributed by atoms with Crippen LogP contribution in [0.15, 0.2) is 23.4 Å². The van der Waals surface area contributed by atoms with Crippen LogP contribution in [-0.4, -0.2) is 26.3 Å². The van der Waals surface area contributed by atoms with Gasteiger partial charge < -0.3 is 5.32 Å². The summed E-state index contributed by atoms with van der Waals surface area (Å²) >= 11 is 1.35. The van der Waals surface area contributed by atoms with Gasteiger partial charge in [0, 0.05) is 12.1 Å². The number of amides is 1. The molecule has 0 fully saturated rings. The number of nitrogens with zero attached hydrogens (tertiary/aromatic N) is 2. The summed E-state index contributed by atoms with van der Waals surface area (Å²) in [7, 11) is 0. The van der Waals surface area contributed by atoms with Gasteiger partial charge in [-0.3, -0.25) is 9.89 Å². The van der Waals surface area contributed by atoms with Crippen LogP contribution < -0.4 is 5.32 Å². The van der Waals surface area contributed by atoms with Crippen LogP contribution in [0.4, 0.5) is 5.69 Å². The summed E-state index contributed by atoms with van der Waals surface area (Å²) in [5.74, 6) is 0.792. The number of aromatic nitrogens is 3. The molecule has 1 atom stereocenters. The maximum absolute atomic E-state index is 12.3. The highest BCUT2D eigenvalue weighted by atomic mass is 32.2. The summed E-state index contributed by atoms with van der Waals surface area (Å²) in [6, 6.07) is 5.96. The van der Waals surface area contributed by atoms with Gasteiger partial charge in [0.15, 0.2) is 0 Å². The van der Waals surface area contributed by atoms with E-state index in [1.165, 1.54) is 11.8 Å². The van der Waals surface area contributed by atoms with Crippen molar-refractivity contribution >= 4 is 23.4 Å². The van der Waals surface area contributed by atoms with Crippen molar-refractivity contribution in [1.29, 1.82) is 0 Å². The summed E-state index contributed by atoms with van der Waals surface area (Å²) < 4.78 is 0. The normalized spacial score (nSPS) is 12.2. The van der Waals surface area contributed by atoms with Crippen LogP contribution in [0.5, 0.6) is 0 Å². The molecule has 21 heavy (non-hydrogen) atoms. The number of nitrogens with one attached hydrogen (secondary N) is 2. The first-order valence-electron chi connectivity index (χ1n) is 6.96. The number of H-pyrrole nitrogens is 1. The molecule has 2 aromatic rings. The molecule has 2 N–H and O–H groups in total. The van der Waals surface area contributed by atoms with Gasteiger partial charge in [-0.15, -0.1) is 5.10 Å². The number of aryl methyl sites for hydroxylation is 3. The number of carbonyl (C=O) groups excluding carboxylic acids is 1. The molecule has 5 nitrogen and oxygen atoms in total. The van der Waals surface area contributed by atoms with Crippen LogP contribution in [0.2, 0.25) is 0 Å². The Kier molecular flexibility index (Phi) is 5.01. The predicted molar refractivity (Wildman–Crippen MR) is 85.6 cm³/mol. The number of hydrogen-bond acceptors (Lipinski definition) is 4. The first-order chi connectivity index (χ1) is 10.0. The molecule has 1 unspecified atom stereocenters. The molecule has 0 aliphatic carbocycles. The Hall–Kier alpha value is -1.82. The minimum absolute atomic E-state index is 0.0414. The van der Waals surface area contributed by atoms with Crippen molar-refractivity contribution in [1.82, 2.24) is 15.2 Å². The lowest BCUT2D eigenvalue weighted by molar-refractivity contribution is -0.115. The number of benzene rings is 1. The molecule has 0 aliphatic rings. The molecule has 0 saturated carbocycles. The molecule has 0 bridgehead atoms. The quantitative estimate of drug-likeness (QED) is 0.833. The van der Waals surface area contributed by atoms with Crippen molar-refractivity contribution in [3.05, 3.63) is 35.2 Å². The SMILES string of the molecule is CCc1nc(SC(C)C(=O)Nc2c(C)cccc2C)n[nH]1. The Morgan fingerprint density at radius 2 is 2.05 bits per heavy atom. The van der Waals surface area contributed by atoms with Crippen LogP contribution >= 0.6 is 11.8 Å². The van der Waals surface area contributed by atoms with E-state index in [2.05, 4.69) is 20.5 Å². The Balaban J connectivity index is 2.02. The highest BCUT2D eigenvalue weighted by Crippen LogP contribution is 2.23. The van der Waals surface area contributed by atoms with Crippen molar-refractivity contribution in [3.8, 4) is 0 Å². The smallest absolute Gasteiger partial charge is 0.237 e. The second kappa shape index (κ2) is 6.76. The molecule has 0 saturated heterocycles.